The molecule has 1 aromatic carbocycles. The highest BCUT2D eigenvalue weighted by Gasteiger charge is 2.12. The zero-order valence-corrected chi connectivity index (χ0v) is 7.43. The number of rotatable bonds is 2. The Hall–Kier alpha value is -1.68. The van der Waals surface area contributed by atoms with Crippen LogP contribution in [0.2, 0.25) is 0 Å². The Morgan fingerprint density at radius 1 is 1.50 bits per heavy atom. The first kappa shape index (κ1) is 8.90. The number of nitrogens with zero attached hydrogens (tertiary/aromatic N) is 1. The van der Waals surface area contributed by atoms with Crippen molar-refractivity contribution in [2.45, 2.75) is 6.42 Å². The molecule has 2 rings (SSSR count). The van der Waals surface area contributed by atoms with E-state index in [0.29, 0.717) is 23.6 Å². The molecule has 0 aromatic heterocycles. The molecule has 14 heavy (non-hydrogen) atoms. The quantitative estimate of drug-likeness (QED) is 0.726. The molecule has 72 valence electrons. The highest BCUT2D eigenvalue weighted by molar-refractivity contribution is 5.49. The Labute approximate surface area is 80.8 Å². The summed E-state index contributed by atoms with van der Waals surface area (Å²) in [4.78, 5) is 10.3. The smallest absolute Gasteiger partial charge is 0.130 e. The minimum Gasteiger partial charge on any atom is -0.459 e. The van der Waals surface area contributed by atoms with E-state index in [4.69, 9.17) is 9.84 Å². The molecule has 0 radical (unpaired) electrons. The maximum atomic E-state index is 10.3. The summed E-state index contributed by atoms with van der Waals surface area (Å²) in [6.45, 7) is -0.104. The molecule has 0 bridgehead atoms. The van der Waals surface area contributed by atoms with Gasteiger partial charge < -0.3 is 9.84 Å². The van der Waals surface area contributed by atoms with Gasteiger partial charge in [-0.15, -0.1) is 4.91 Å². The van der Waals surface area contributed by atoms with Crippen LogP contribution in [-0.4, -0.2) is 11.7 Å². The molecule has 0 amide bonds. The fraction of sp³-hybridized carbons (Fsp3) is 0.200. The first-order chi connectivity index (χ1) is 6.83. The molecule has 0 aliphatic carbocycles. The van der Waals surface area contributed by atoms with E-state index in [9.17, 15) is 4.91 Å². The largest absolute Gasteiger partial charge is 0.459 e. The Kier molecular flexibility index (Phi) is 2.28. The van der Waals surface area contributed by atoms with Crippen LogP contribution in [0.5, 0.6) is 5.75 Å². The Morgan fingerprint density at radius 2 is 2.36 bits per heavy atom. The highest BCUT2D eigenvalue weighted by atomic mass is 16.5. The predicted octanol–water partition coefficient (Wildman–Crippen LogP) is 1.90. The van der Waals surface area contributed by atoms with Crippen LogP contribution in [0.4, 0.5) is 5.69 Å². The molecular weight excluding hydrogens is 182 g/mol. The molecule has 1 N–H and O–H groups in total. The second-order valence-corrected chi connectivity index (χ2v) is 3.02. The number of ether oxygens (including phenoxy) is 1. The fourth-order valence-electron chi connectivity index (χ4n) is 1.39. The van der Waals surface area contributed by atoms with Gasteiger partial charge in [-0.25, -0.2) is 0 Å². The third-order valence-corrected chi connectivity index (χ3v) is 2.10. The van der Waals surface area contributed by atoms with Crippen molar-refractivity contribution in [1.29, 1.82) is 0 Å². The maximum Gasteiger partial charge on any atom is 0.130 e. The van der Waals surface area contributed by atoms with Crippen LogP contribution < -0.4 is 4.74 Å². The summed E-state index contributed by atoms with van der Waals surface area (Å²) in [5, 5.41) is 11.7. The average molecular weight is 191 g/mol. The Balaban J connectivity index is 2.33. The molecule has 0 fully saturated rings. The van der Waals surface area contributed by atoms with Gasteiger partial charge in [0, 0.05) is 5.56 Å². The maximum absolute atomic E-state index is 10.3. The standard InChI is InChI=1S/C10H9NO3/c12-6-9-3-1-7-5-8(11-13)2-4-10(7)14-9/h2-5,12H,1,6H2. The summed E-state index contributed by atoms with van der Waals surface area (Å²) in [5.41, 5.74) is 1.31. The molecule has 0 spiro atoms. The van der Waals surface area contributed by atoms with Gasteiger partial charge in [-0.05, 0) is 35.9 Å². The Bertz CT molecular complexity index is 398. The van der Waals surface area contributed by atoms with Crippen LogP contribution in [0.25, 0.3) is 0 Å². The summed E-state index contributed by atoms with van der Waals surface area (Å²) in [6.07, 6.45) is 2.45. The van der Waals surface area contributed by atoms with E-state index in [1.54, 1.807) is 24.3 Å². The van der Waals surface area contributed by atoms with Crippen LogP contribution in [0.1, 0.15) is 5.56 Å². The van der Waals surface area contributed by atoms with Gasteiger partial charge in [0.05, 0.1) is 0 Å². The molecule has 0 atom stereocenters. The topological polar surface area (TPSA) is 58.9 Å². The lowest BCUT2D eigenvalue weighted by molar-refractivity contribution is 0.258. The van der Waals surface area contributed by atoms with Crippen molar-refractivity contribution >= 4 is 5.69 Å². The zero-order chi connectivity index (χ0) is 9.97. The van der Waals surface area contributed by atoms with Gasteiger partial charge in [0.25, 0.3) is 0 Å². The van der Waals surface area contributed by atoms with Crippen LogP contribution in [0.3, 0.4) is 0 Å². The normalized spacial score (nSPS) is 13.9. The van der Waals surface area contributed by atoms with Crippen molar-refractivity contribution in [3.63, 3.8) is 0 Å². The number of hydrogen-bond donors (Lipinski definition) is 1. The first-order valence-corrected chi connectivity index (χ1v) is 4.27. The minimum atomic E-state index is -0.104. The molecule has 4 nitrogen and oxygen atoms in total. The van der Waals surface area contributed by atoms with Gasteiger partial charge in [-0.2, -0.15) is 0 Å². The molecule has 0 saturated carbocycles. The van der Waals surface area contributed by atoms with Crippen LogP contribution >= 0.6 is 0 Å². The van der Waals surface area contributed by atoms with Gasteiger partial charge in [0.1, 0.15) is 23.8 Å². The number of hydrogen-bond acceptors (Lipinski definition) is 4. The van der Waals surface area contributed by atoms with Crippen LogP contribution in [-0.2, 0) is 6.42 Å². The minimum absolute atomic E-state index is 0.104. The monoisotopic (exact) mass is 191 g/mol. The first-order valence-electron chi connectivity index (χ1n) is 4.27. The van der Waals surface area contributed by atoms with E-state index >= 15 is 0 Å². The molecule has 1 aromatic rings. The summed E-state index contributed by atoms with van der Waals surface area (Å²) < 4.78 is 5.35. The van der Waals surface area contributed by atoms with E-state index in [1.165, 1.54) is 0 Å². The number of nitroso groups, excluding NO2 is 1. The van der Waals surface area contributed by atoms with Crippen molar-refractivity contribution in [3.8, 4) is 5.75 Å². The molecular formula is C10H9NO3. The van der Waals surface area contributed by atoms with Gasteiger partial charge in [-0.1, -0.05) is 0 Å². The van der Waals surface area contributed by atoms with Crippen molar-refractivity contribution in [2.24, 2.45) is 5.18 Å². The lowest BCUT2D eigenvalue weighted by Gasteiger charge is -2.16. The molecule has 1 aliphatic rings. The van der Waals surface area contributed by atoms with E-state index < -0.39 is 0 Å². The predicted molar refractivity (Wildman–Crippen MR) is 51.4 cm³/mol. The number of benzene rings is 1. The lowest BCUT2D eigenvalue weighted by Crippen LogP contribution is -2.07. The number of aliphatic hydroxyl groups is 1. The lowest BCUT2D eigenvalue weighted by atomic mass is 10.1. The molecule has 4 heteroatoms. The van der Waals surface area contributed by atoms with E-state index in [-0.39, 0.29) is 6.61 Å². The zero-order valence-electron chi connectivity index (χ0n) is 7.43. The molecule has 0 unspecified atom stereocenters. The second kappa shape index (κ2) is 3.59. The third-order valence-electron chi connectivity index (χ3n) is 2.10. The number of fused-ring (bicyclic) bond motifs is 1. The summed E-state index contributed by atoms with van der Waals surface area (Å²) in [5.74, 6) is 1.23. The van der Waals surface area contributed by atoms with Crippen LogP contribution in [0, 0.1) is 4.91 Å². The highest BCUT2D eigenvalue weighted by Crippen LogP contribution is 2.29. The SMILES string of the molecule is O=Nc1ccc2c(c1)CC=C(CO)O2. The summed E-state index contributed by atoms with van der Waals surface area (Å²) in [7, 11) is 0. The van der Waals surface area contributed by atoms with Crippen LogP contribution in [0.15, 0.2) is 35.2 Å². The third kappa shape index (κ3) is 1.52. The molecule has 0 saturated heterocycles. The number of allylic oxidation sites excluding steroid dienone is 1. The van der Waals surface area contributed by atoms with Crippen molar-refractivity contribution in [1.82, 2.24) is 0 Å². The second-order valence-electron chi connectivity index (χ2n) is 3.02. The van der Waals surface area contributed by atoms with Crippen molar-refractivity contribution in [2.75, 3.05) is 6.61 Å². The molecule has 1 aliphatic heterocycles. The fourth-order valence-corrected chi connectivity index (χ4v) is 1.39. The van der Waals surface area contributed by atoms with Gasteiger partial charge >= 0.3 is 0 Å². The van der Waals surface area contributed by atoms with Crippen molar-refractivity contribution < 1.29 is 9.84 Å². The summed E-state index contributed by atoms with van der Waals surface area (Å²) in [6, 6.07) is 4.97. The van der Waals surface area contributed by atoms with Gasteiger partial charge in [0.15, 0.2) is 0 Å². The molecule has 1 heterocycles. The summed E-state index contributed by atoms with van der Waals surface area (Å²) >= 11 is 0. The van der Waals surface area contributed by atoms with E-state index in [1.807, 2.05) is 0 Å². The Morgan fingerprint density at radius 3 is 3.07 bits per heavy atom. The van der Waals surface area contributed by atoms with Crippen molar-refractivity contribution in [3.05, 3.63) is 40.5 Å². The van der Waals surface area contributed by atoms with E-state index in [0.717, 1.165) is 5.56 Å². The van der Waals surface area contributed by atoms with E-state index in [2.05, 4.69) is 5.18 Å². The average Bonchev–Trinajstić information content (AvgIpc) is 2.27. The number of aliphatic hydroxyl groups excluding tert-OH is 1. The van der Waals surface area contributed by atoms with Gasteiger partial charge in [-0.3, -0.25) is 0 Å². The van der Waals surface area contributed by atoms with Gasteiger partial charge in [0.2, 0.25) is 0 Å².